The molecule has 0 fully saturated rings. The van der Waals surface area contributed by atoms with E-state index < -0.39 is 0 Å². The van der Waals surface area contributed by atoms with Crippen molar-refractivity contribution in [2.75, 3.05) is 13.1 Å². The fourth-order valence-corrected chi connectivity index (χ4v) is 0.164. The highest BCUT2D eigenvalue weighted by Gasteiger charge is 1.66. The van der Waals surface area contributed by atoms with Gasteiger partial charge in [0.2, 0.25) is 0 Å². The van der Waals surface area contributed by atoms with Crippen molar-refractivity contribution < 1.29 is 0 Å². The number of halogens is 2. The molecule has 0 aromatic carbocycles. The molecule has 0 amide bonds. The van der Waals surface area contributed by atoms with Crippen molar-refractivity contribution in [1.82, 2.24) is 4.84 Å². The Morgan fingerprint density at radius 3 is 2.17 bits per heavy atom. The van der Waals surface area contributed by atoms with Crippen LogP contribution < -0.4 is 10.6 Å². The van der Waals surface area contributed by atoms with E-state index >= 15 is 0 Å². The van der Waals surface area contributed by atoms with Crippen molar-refractivity contribution in [3.63, 3.8) is 0 Å². The molecule has 0 bridgehead atoms. The van der Waals surface area contributed by atoms with Gasteiger partial charge >= 0.3 is 0 Å². The minimum atomic E-state index is 0. The normalized spacial score (nSPS) is 7.00. The van der Waals surface area contributed by atoms with Crippen LogP contribution in [0.25, 0.3) is 0 Å². The number of rotatable bonds is 2. The highest BCUT2D eigenvalue weighted by atomic mass is 35.5. The van der Waals surface area contributed by atoms with Gasteiger partial charge in [-0.15, -0.1) is 12.4 Å². The number of hydrogen-bond acceptors (Lipinski definition) is 2. The van der Waals surface area contributed by atoms with E-state index in [2.05, 4.69) is 4.84 Å². The average Bonchev–Trinajstić information content (AvgIpc) is 1.41. The Balaban J connectivity index is 0. The number of nitrogens with two attached hydrogens (primary N) is 1. The van der Waals surface area contributed by atoms with Gasteiger partial charge in [0.25, 0.3) is 0 Å². The number of nitrogens with one attached hydrogen (secondary N) is 1. The molecule has 0 saturated carbocycles. The van der Waals surface area contributed by atoms with Gasteiger partial charge in [-0.3, -0.25) is 0 Å². The smallest absolute Gasteiger partial charge is 0.0231 e. The summed E-state index contributed by atoms with van der Waals surface area (Å²) in [6, 6.07) is 0. The van der Waals surface area contributed by atoms with Gasteiger partial charge in [0, 0.05) is 13.1 Å². The van der Waals surface area contributed by atoms with Crippen molar-refractivity contribution in [1.29, 1.82) is 0 Å². The van der Waals surface area contributed by atoms with Gasteiger partial charge < -0.3 is 5.73 Å². The lowest BCUT2D eigenvalue weighted by atomic mass is 10.7. The lowest BCUT2D eigenvalue weighted by Gasteiger charge is -1.82. The Hall–Kier alpha value is 0.500. The van der Waals surface area contributed by atoms with Gasteiger partial charge in [0.05, 0.1) is 0 Å². The van der Waals surface area contributed by atoms with Crippen LogP contribution in [0.1, 0.15) is 0 Å². The van der Waals surface area contributed by atoms with Crippen LogP contribution >= 0.6 is 24.2 Å². The molecule has 0 heterocycles. The quantitative estimate of drug-likeness (QED) is 0.522. The molecule has 0 radical (unpaired) electrons. The predicted octanol–water partition coefficient (Wildman–Crippen LogP) is 0.110. The maximum Gasteiger partial charge on any atom is 0.0231 e. The van der Waals surface area contributed by atoms with Gasteiger partial charge in [-0.1, -0.05) is 0 Å². The van der Waals surface area contributed by atoms with Gasteiger partial charge in [0.1, 0.15) is 0 Å². The molecule has 0 aliphatic rings. The van der Waals surface area contributed by atoms with Crippen molar-refractivity contribution in [2.45, 2.75) is 0 Å². The van der Waals surface area contributed by atoms with Crippen molar-refractivity contribution >= 4 is 24.2 Å². The second kappa shape index (κ2) is 9.09. The van der Waals surface area contributed by atoms with Crippen molar-refractivity contribution in [3.8, 4) is 0 Å². The summed E-state index contributed by atoms with van der Waals surface area (Å²) in [5.41, 5.74) is 4.99. The summed E-state index contributed by atoms with van der Waals surface area (Å²) in [5, 5.41) is 0. The second-order valence-electron chi connectivity index (χ2n) is 0.672. The molecule has 0 rings (SSSR count). The lowest BCUT2D eigenvalue weighted by Crippen LogP contribution is -2.13. The van der Waals surface area contributed by atoms with E-state index in [4.69, 9.17) is 17.5 Å². The van der Waals surface area contributed by atoms with Crippen LogP contribution in [0.3, 0.4) is 0 Å². The van der Waals surface area contributed by atoms with E-state index in [1.54, 1.807) is 0 Å². The highest BCUT2D eigenvalue weighted by Crippen LogP contribution is 1.52. The Morgan fingerprint density at radius 2 is 2.17 bits per heavy atom. The standard InChI is InChI=1S/C2H7ClN2.ClH/c3-5-2-1-4;/h5H,1-2,4H2;1H. The Morgan fingerprint density at radius 1 is 1.67 bits per heavy atom. The Kier molecular flexibility index (Phi) is 14.7. The topological polar surface area (TPSA) is 38.0 Å². The Bertz CT molecular complexity index is 17.0. The van der Waals surface area contributed by atoms with E-state index in [0.29, 0.717) is 13.1 Å². The first-order valence-electron chi connectivity index (χ1n) is 1.45. The zero-order chi connectivity index (χ0) is 4.12. The molecule has 0 aliphatic heterocycles. The van der Waals surface area contributed by atoms with Crippen LogP contribution in [-0.4, -0.2) is 13.1 Å². The van der Waals surface area contributed by atoms with Gasteiger partial charge in [-0.2, -0.15) is 0 Å². The molecular formula is C2H8Cl2N2. The van der Waals surface area contributed by atoms with E-state index in [1.165, 1.54) is 0 Å². The summed E-state index contributed by atoms with van der Waals surface area (Å²) < 4.78 is 0. The van der Waals surface area contributed by atoms with Crippen LogP contribution in [0.4, 0.5) is 0 Å². The molecule has 40 valence electrons. The molecule has 6 heavy (non-hydrogen) atoms. The van der Waals surface area contributed by atoms with Crippen LogP contribution in [0.15, 0.2) is 0 Å². The maximum atomic E-state index is 4.99. The summed E-state index contributed by atoms with van der Waals surface area (Å²) >= 11 is 4.97. The molecule has 0 atom stereocenters. The summed E-state index contributed by atoms with van der Waals surface area (Å²) in [6.45, 7) is 1.28. The molecular weight excluding hydrogens is 123 g/mol. The van der Waals surface area contributed by atoms with Crippen molar-refractivity contribution in [3.05, 3.63) is 0 Å². The van der Waals surface area contributed by atoms with Gasteiger partial charge in [-0.05, 0) is 11.8 Å². The van der Waals surface area contributed by atoms with E-state index in [0.717, 1.165) is 0 Å². The fraction of sp³-hybridized carbons (Fsp3) is 1.00. The molecule has 0 saturated heterocycles. The van der Waals surface area contributed by atoms with Crippen LogP contribution in [0.2, 0.25) is 0 Å². The van der Waals surface area contributed by atoms with Crippen LogP contribution in [-0.2, 0) is 0 Å². The summed E-state index contributed by atoms with van der Waals surface area (Å²) in [6.07, 6.45) is 0. The lowest BCUT2D eigenvalue weighted by molar-refractivity contribution is 0.909. The zero-order valence-electron chi connectivity index (χ0n) is 3.28. The van der Waals surface area contributed by atoms with Crippen molar-refractivity contribution in [2.24, 2.45) is 5.73 Å². The summed E-state index contributed by atoms with van der Waals surface area (Å²) in [7, 11) is 0. The SMILES string of the molecule is Cl.NCCNCl. The highest BCUT2D eigenvalue weighted by molar-refractivity contribution is 6.13. The van der Waals surface area contributed by atoms with E-state index in [1.807, 2.05) is 0 Å². The maximum absolute atomic E-state index is 4.99. The molecule has 3 N–H and O–H groups in total. The molecule has 0 aromatic rings. The third-order valence-electron chi connectivity index (χ3n) is 0.239. The molecule has 4 heteroatoms. The van der Waals surface area contributed by atoms with E-state index in [9.17, 15) is 0 Å². The number of hydrogen-bond donors (Lipinski definition) is 2. The van der Waals surface area contributed by atoms with Gasteiger partial charge in [-0.25, -0.2) is 4.84 Å². The van der Waals surface area contributed by atoms with Crippen LogP contribution in [0, 0.1) is 0 Å². The third kappa shape index (κ3) is 8.82. The fourth-order valence-electron chi connectivity index (χ4n) is 0.0546. The largest absolute Gasteiger partial charge is 0.329 e. The molecule has 0 spiro atoms. The minimum Gasteiger partial charge on any atom is -0.329 e. The molecule has 0 aliphatic carbocycles. The average molecular weight is 131 g/mol. The predicted molar refractivity (Wildman–Crippen MR) is 30.2 cm³/mol. The first-order chi connectivity index (χ1) is 2.41. The molecule has 0 aromatic heterocycles. The Labute approximate surface area is 48.6 Å². The van der Waals surface area contributed by atoms with E-state index in [-0.39, 0.29) is 12.4 Å². The second-order valence-corrected chi connectivity index (χ2v) is 0.940. The monoisotopic (exact) mass is 130 g/mol. The first-order valence-corrected chi connectivity index (χ1v) is 1.83. The molecule has 2 nitrogen and oxygen atoms in total. The summed E-state index contributed by atoms with van der Waals surface area (Å²) in [4.78, 5) is 2.36. The van der Waals surface area contributed by atoms with Crippen LogP contribution in [0.5, 0.6) is 0 Å². The minimum absolute atomic E-state index is 0. The molecule has 0 unspecified atom stereocenters. The first kappa shape index (κ1) is 9.71. The zero-order valence-corrected chi connectivity index (χ0v) is 4.85. The van der Waals surface area contributed by atoms with Gasteiger partial charge in [0.15, 0.2) is 0 Å². The third-order valence-corrected chi connectivity index (χ3v) is 0.428. The summed E-state index contributed by atoms with van der Waals surface area (Å²) in [5.74, 6) is 0.